The summed E-state index contributed by atoms with van der Waals surface area (Å²) in [5.74, 6) is 0.776. The van der Waals surface area contributed by atoms with Gasteiger partial charge in [0.2, 0.25) is 5.91 Å². The molecule has 26 heavy (non-hydrogen) atoms. The highest BCUT2D eigenvalue weighted by atomic mass is 16.7. The van der Waals surface area contributed by atoms with Crippen LogP contribution in [0.1, 0.15) is 52.4 Å². The van der Waals surface area contributed by atoms with Crippen LogP contribution in [0.3, 0.4) is 0 Å². The van der Waals surface area contributed by atoms with Gasteiger partial charge in [-0.2, -0.15) is 0 Å². The Morgan fingerprint density at radius 3 is 2.62 bits per heavy atom. The van der Waals surface area contributed by atoms with Crippen LogP contribution in [0.5, 0.6) is 0 Å². The maximum atomic E-state index is 13.5. The van der Waals surface area contributed by atoms with Gasteiger partial charge in [-0.05, 0) is 31.1 Å². The molecule has 5 heteroatoms. The van der Waals surface area contributed by atoms with Gasteiger partial charge in [-0.1, -0.05) is 19.9 Å². The summed E-state index contributed by atoms with van der Waals surface area (Å²) in [6.07, 6.45) is 6.97. The number of piperidine rings is 1. The lowest BCUT2D eigenvalue weighted by Crippen LogP contribution is -2.60. The summed E-state index contributed by atoms with van der Waals surface area (Å²) in [4.78, 5) is 27.5. The van der Waals surface area contributed by atoms with Crippen molar-refractivity contribution in [1.29, 1.82) is 0 Å². The summed E-state index contributed by atoms with van der Waals surface area (Å²) in [7, 11) is 1.87. The monoisotopic (exact) mass is 359 g/mol. The number of allylic oxidation sites excluding steroid dienone is 2. The molecule has 2 saturated heterocycles. The van der Waals surface area contributed by atoms with Gasteiger partial charge >= 0.3 is 0 Å². The molecule has 5 atom stereocenters. The molecule has 5 rings (SSSR count). The van der Waals surface area contributed by atoms with E-state index in [0.29, 0.717) is 43.7 Å². The van der Waals surface area contributed by atoms with Gasteiger partial charge in [-0.15, -0.1) is 0 Å². The smallest absolute Gasteiger partial charge is 0.226 e. The molecule has 2 heterocycles. The van der Waals surface area contributed by atoms with E-state index in [1.54, 1.807) is 4.90 Å². The molecule has 142 valence electrons. The predicted octanol–water partition coefficient (Wildman–Crippen LogP) is 2.90. The molecule has 0 radical (unpaired) electrons. The summed E-state index contributed by atoms with van der Waals surface area (Å²) in [5.41, 5.74) is 0.643. The molecule has 5 nitrogen and oxygen atoms in total. The molecule has 0 aromatic heterocycles. The number of carbonyl (C=O) groups is 2. The van der Waals surface area contributed by atoms with Gasteiger partial charge in [0, 0.05) is 48.8 Å². The van der Waals surface area contributed by atoms with Crippen molar-refractivity contribution in [1.82, 2.24) is 4.90 Å². The molecular weight excluding hydrogens is 330 g/mol. The van der Waals surface area contributed by atoms with Crippen molar-refractivity contribution in [3.8, 4) is 0 Å². The normalized spacial score (nSPS) is 46.8. The number of likely N-dealkylation sites (tertiary alicyclic amines) is 1. The van der Waals surface area contributed by atoms with Gasteiger partial charge in [-0.3, -0.25) is 9.59 Å². The summed E-state index contributed by atoms with van der Waals surface area (Å²) in [6, 6.07) is 0. The number of carbonyl (C=O) groups excluding carboxylic acids is 2. The minimum atomic E-state index is -0.553. The fourth-order valence-corrected chi connectivity index (χ4v) is 7.30. The van der Waals surface area contributed by atoms with Crippen LogP contribution >= 0.6 is 0 Å². The fourth-order valence-electron chi connectivity index (χ4n) is 7.30. The molecule has 0 bridgehead atoms. The first kappa shape index (κ1) is 16.9. The lowest BCUT2D eigenvalue weighted by Gasteiger charge is -2.58. The highest BCUT2D eigenvalue weighted by Crippen LogP contribution is 2.67. The molecule has 2 aliphatic heterocycles. The number of fused-ring (bicyclic) bond motifs is 6. The van der Waals surface area contributed by atoms with E-state index in [2.05, 4.69) is 19.9 Å². The summed E-state index contributed by atoms with van der Waals surface area (Å²) >= 11 is 0. The number of hydrogen-bond donors (Lipinski definition) is 0. The van der Waals surface area contributed by atoms with Crippen LogP contribution in [0.4, 0.5) is 0 Å². The third kappa shape index (κ3) is 1.84. The van der Waals surface area contributed by atoms with E-state index in [1.807, 2.05) is 7.05 Å². The van der Waals surface area contributed by atoms with Crippen molar-refractivity contribution >= 4 is 11.7 Å². The Labute approximate surface area is 155 Å². The number of ketones is 1. The number of rotatable bonds is 0. The summed E-state index contributed by atoms with van der Waals surface area (Å²) < 4.78 is 12.2. The number of Topliss-reactive ketones (excluding diaryl/α,β-unsaturated/α-hetero) is 1. The quantitative estimate of drug-likeness (QED) is 0.667. The van der Waals surface area contributed by atoms with Gasteiger partial charge < -0.3 is 14.4 Å². The van der Waals surface area contributed by atoms with Crippen molar-refractivity contribution in [2.24, 2.45) is 28.6 Å². The van der Waals surface area contributed by atoms with E-state index < -0.39 is 5.79 Å². The largest absolute Gasteiger partial charge is 0.347 e. The second-order valence-corrected chi connectivity index (χ2v) is 9.49. The number of nitrogens with zero attached hydrogens (tertiary/aromatic N) is 1. The predicted molar refractivity (Wildman–Crippen MR) is 94.9 cm³/mol. The molecule has 1 spiro atoms. The molecule has 0 aromatic carbocycles. The Kier molecular flexibility index (Phi) is 3.38. The summed E-state index contributed by atoms with van der Waals surface area (Å²) in [6.45, 7) is 5.72. The van der Waals surface area contributed by atoms with Crippen LogP contribution in [0.2, 0.25) is 0 Å². The topological polar surface area (TPSA) is 55.8 Å². The fraction of sp³-hybridized carbons (Fsp3) is 0.810. The zero-order valence-electron chi connectivity index (χ0n) is 16.0. The molecular formula is C21H29NO4. The number of ether oxygens (including phenoxy) is 2. The highest BCUT2D eigenvalue weighted by molar-refractivity contribution is 5.87. The molecule has 0 N–H and O–H groups in total. The Morgan fingerprint density at radius 1 is 1.15 bits per heavy atom. The zero-order chi connectivity index (χ0) is 18.3. The lowest BCUT2D eigenvalue weighted by molar-refractivity contribution is -0.238. The second kappa shape index (κ2) is 5.20. The minimum Gasteiger partial charge on any atom is -0.347 e. The van der Waals surface area contributed by atoms with E-state index in [0.717, 1.165) is 31.4 Å². The van der Waals surface area contributed by atoms with Crippen LogP contribution in [-0.2, 0) is 19.1 Å². The molecule has 0 aromatic rings. The van der Waals surface area contributed by atoms with Crippen molar-refractivity contribution in [3.63, 3.8) is 0 Å². The van der Waals surface area contributed by atoms with E-state index in [4.69, 9.17) is 9.47 Å². The third-order valence-corrected chi connectivity index (χ3v) is 8.51. The third-order valence-electron chi connectivity index (χ3n) is 8.51. The highest BCUT2D eigenvalue weighted by Gasteiger charge is 2.69. The maximum absolute atomic E-state index is 13.5. The maximum Gasteiger partial charge on any atom is 0.226 e. The molecule has 2 saturated carbocycles. The first-order valence-electron chi connectivity index (χ1n) is 10.1. The first-order valence-corrected chi connectivity index (χ1v) is 10.1. The Morgan fingerprint density at radius 2 is 1.88 bits per heavy atom. The molecule has 1 amide bonds. The van der Waals surface area contributed by atoms with Crippen molar-refractivity contribution in [2.45, 2.75) is 58.2 Å². The number of amides is 1. The second-order valence-electron chi connectivity index (χ2n) is 9.49. The average molecular weight is 359 g/mol. The lowest BCUT2D eigenvalue weighted by atomic mass is 9.49. The van der Waals surface area contributed by atoms with E-state index in [9.17, 15) is 9.59 Å². The van der Waals surface area contributed by atoms with E-state index in [1.165, 1.54) is 0 Å². The van der Waals surface area contributed by atoms with E-state index >= 15 is 0 Å². The van der Waals surface area contributed by atoms with Crippen LogP contribution in [0.15, 0.2) is 11.8 Å². The summed E-state index contributed by atoms with van der Waals surface area (Å²) in [5, 5.41) is 0. The van der Waals surface area contributed by atoms with Crippen molar-refractivity contribution < 1.29 is 19.1 Å². The van der Waals surface area contributed by atoms with E-state index in [-0.39, 0.29) is 22.7 Å². The van der Waals surface area contributed by atoms with Crippen LogP contribution < -0.4 is 0 Å². The first-order chi connectivity index (χ1) is 12.3. The SMILES string of the molecule is CN1C(=O)CC[C@@]2(C)C1=CCC1C2C(=O)C[C@@]2(C)C1CCC21OCCO1. The van der Waals surface area contributed by atoms with Crippen LogP contribution in [0.25, 0.3) is 0 Å². The van der Waals surface area contributed by atoms with Crippen LogP contribution in [-0.4, -0.2) is 42.6 Å². The molecule has 4 fully saturated rings. The molecule has 5 aliphatic rings. The zero-order valence-corrected chi connectivity index (χ0v) is 16.0. The molecule has 3 unspecified atom stereocenters. The Balaban J connectivity index is 1.57. The van der Waals surface area contributed by atoms with Crippen LogP contribution in [0, 0.1) is 28.6 Å². The van der Waals surface area contributed by atoms with Gasteiger partial charge in [0.1, 0.15) is 5.78 Å². The Hall–Kier alpha value is -1.20. The average Bonchev–Trinajstić information content (AvgIpc) is 3.18. The minimum absolute atomic E-state index is 0.0210. The Bertz CT molecular complexity index is 709. The van der Waals surface area contributed by atoms with Gasteiger partial charge in [0.25, 0.3) is 0 Å². The molecule has 3 aliphatic carbocycles. The number of hydrogen-bond acceptors (Lipinski definition) is 4. The van der Waals surface area contributed by atoms with Gasteiger partial charge in [-0.25, -0.2) is 0 Å². The van der Waals surface area contributed by atoms with Gasteiger partial charge in [0.05, 0.1) is 13.2 Å². The van der Waals surface area contributed by atoms with Gasteiger partial charge in [0.15, 0.2) is 5.79 Å². The standard InChI is InChI=1S/C21H29NO4/c1-19-8-7-17(24)22(3)16(19)5-4-13-14-6-9-21(25-10-11-26-21)20(14,2)12-15(23)18(13)19/h5,13-14,18H,4,6-12H2,1-3H3/t13?,14?,18?,19-,20-/m0/s1. The van der Waals surface area contributed by atoms with Crippen molar-refractivity contribution in [2.75, 3.05) is 20.3 Å². The van der Waals surface area contributed by atoms with Crippen molar-refractivity contribution in [3.05, 3.63) is 11.8 Å².